The lowest BCUT2D eigenvalue weighted by atomic mass is 9.64. The average molecular weight is 309 g/mol. The molecule has 1 heterocycles. The van der Waals surface area contributed by atoms with Gasteiger partial charge in [-0.15, -0.1) is 0 Å². The molecule has 1 aromatic carbocycles. The molecule has 2 aliphatic carbocycles. The van der Waals surface area contributed by atoms with Gasteiger partial charge in [0.1, 0.15) is 0 Å². The van der Waals surface area contributed by atoms with Crippen LogP contribution in [0.15, 0.2) is 12.1 Å². The fourth-order valence-electron chi connectivity index (χ4n) is 3.21. The van der Waals surface area contributed by atoms with Crippen LogP contribution >= 0.6 is 11.6 Å². The summed E-state index contributed by atoms with van der Waals surface area (Å²) in [6.45, 7) is 1.25. The molecule has 112 valence electrons. The molecule has 0 saturated heterocycles. The van der Waals surface area contributed by atoms with Crippen molar-refractivity contribution in [3.8, 4) is 11.5 Å². The second kappa shape index (κ2) is 4.29. The van der Waals surface area contributed by atoms with Gasteiger partial charge < -0.3 is 14.6 Å². The Morgan fingerprint density at radius 1 is 1.14 bits per heavy atom. The highest BCUT2D eigenvalue weighted by Crippen LogP contribution is 2.52. The van der Waals surface area contributed by atoms with Crippen LogP contribution in [-0.2, 0) is 10.2 Å². The monoisotopic (exact) mass is 308 g/mol. The van der Waals surface area contributed by atoms with Gasteiger partial charge in [-0.1, -0.05) is 18.0 Å². The SMILES string of the molecule is O=C(O)C1(c2cc(Cl)c3c(c2)OCC2(CC2)CO3)CCC1. The summed E-state index contributed by atoms with van der Waals surface area (Å²) in [5.74, 6) is 0.371. The third-order valence-corrected chi connectivity index (χ3v) is 5.47. The van der Waals surface area contributed by atoms with Gasteiger partial charge in [-0.25, -0.2) is 0 Å². The number of carboxylic acids is 1. The molecule has 1 spiro atoms. The average Bonchev–Trinajstić information content (AvgIpc) is 3.16. The lowest BCUT2D eigenvalue weighted by Crippen LogP contribution is -2.42. The van der Waals surface area contributed by atoms with Gasteiger partial charge >= 0.3 is 5.97 Å². The number of benzene rings is 1. The first-order valence-corrected chi connectivity index (χ1v) is 7.76. The van der Waals surface area contributed by atoms with Gasteiger partial charge in [-0.3, -0.25) is 4.79 Å². The van der Waals surface area contributed by atoms with Gasteiger partial charge in [0.25, 0.3) is 0 Å². The maximum atomic E-state index is 11.6. The van der Waals surface area contributed by atoms with Crippen LogP contribution in [0.25, 0.3) is 0 Å². The van der Waals surface area contributed by atoms with Gasteiger partial charge in [0.2, 0.25) is 0 Å². The lowest BCUT2D eigenvalue weighted by molar-refractivity contribution is -0.147. The number of aliphatic carboxylic acids is 1. The summed E-state index contributed by atoms with van der Waals surface area (Å²) >= 11 is 6.33. The minimum absolute atomic E-state index is 0.142. The van der Waals surface area contributed by atoms with Crippen LogP contribution in [-0.4, -0.2) is 24.3 Å². The van der Waals surface area contributed by atoms with Gasteiger partial charge in [-0.05, 0) is 43.4 Å². The highest BCUT2D eigenvalue weighted by molar-refractivity contribution is 6.32. The van der Waals surface area contributed by atoms with E-state index in [9.17, 15) is 9.90 Å². The molecule has 1 aromatic rings. The molecule has 0 radical (unpaired) electrons. The highest BCUT2D eigenvalue weighted by Gasteiger charge is 2.48. The van der Waals surface area contributed by atoms with E-state index < -0.39 is 11.4 Å². The standard InChI is InChI=1S/C16H17ClO4/c17-11-6-10(16(14(18)19)2-1-3-16)7-12-13(11)21-9-15(4-5-15)8-20-12/h6-7H,1-5,8-9H2,(H,18,19). The summed E-state index contributed by atoms with van der Waals surface area (Å²) < 4.78 is 11.7. The Labute approximate surface area is 128 Å². The minimum atomic E-state index is -0.800. The normalized spacial score (nSPS) is 24.0. The summed E-state index contributed by atoms with van der Waals surface area (Å²) in [6.07, 6.45) is 4.47. The van der Waals surface area contributed by atoms with Crippen LogP contribution in [0.5, 0.6) is 11.5 Å². The molecule has 0 atom stereocenters. The Hall–Kier alpha value is -1.42. The fraction of sp³-hybridized carbons (Fsp3) is 0.562. The number of carboxylic acid groups (broad SMARTS) is 1. The van der Waals surface area contributed by atoms with Gasteiger partial charge in [-0.2, -0.15) is 0 Å². The quantitative estimate of drug-likeness (QED) is 0.910. The number of carbonyl (C=O) groups is 1. The molecular formula is C16H17ClO4. The summed E-state index contributed by atoms with van der Waals surface area (Å²) in [7, 11) is 0. The van der Waals surface area contributed by atoms with Crippen molar-refractivity contribution in [1.29, 1.82) is 0 Å². The number of rotatable bonds is 2. The predicted molar refractivity (Wildman–Crippen MR) is 77.3 cm³/mol. The first-order valence-electron chi connectivity index (χ1n) is 7.38. The number of ether oxygens (including phenoxy) is 2. The first kappa shape index (κ1) is 13.3. The molecule has 1 N–H and O–H groups in total. The molecule has 21 heavy (non-hydrogen) atoms. The van der Waals surface area contributed by atoms with Crippen LogP contribution in [0.2, 0.25) is 5.02 Å². The Morgan fingerprint density at radius 2 is 1.86 bits per heavy atom. The van der Waals surface area contributed by atoms with E-state index in [-0.39, 0.29) is 5.41 Å². The molecule has 4 rings (SSSR count). The number of halogens is 1. The maximum Gasteiger partial charge on any atom is 0.314 e. The zero-order valence-electron chi connectivity index (χ0n) is 11.7. The third-order valence-electron chi connectivity index (χ3n) is 5.19. The Balaban J connectivity index is 1.74. The largest absolute Gasteiger partial charge is 0.489 e. The molecule has 1 aliphatic heterocycles. The lowest BCUT2D eigenvalue weighted by Gasteiger charge is -2.38. The van der Waals surface area contributed by atoms with E-state index in [1.165, 1.54) is 0 Å². The predicted octanol–water partition coefficient (Wildman–Crippen LogP) is 3.40. The van der Waals surface area contributed by atoms with Gasteiger partial charge in [0, 0.05) is 5.41 Å². The van der Waals surface area contributed by atoms with Crippen molar-refractivity contribution in [2.24, 2.45) is 5.41 Å². The molecule has 0 bridgehead atoms. The van der Waals surface area contributed by atoms with Crippen molar-refractivity contribution >= 4 is 17.6 Å². The molecule has 0 aromatic heterocycles. The molecule has 3 aliphatic rings. The van der Waals surface area contributed by atoms with Crippen molar-refractivity contribution in [3.63, 3.8) is 0 Å². The van der Waals surface area contributed by atoms with E-state index in [4.69, 9.17) is 21.1 Å². The van der Waals surface area contributed by atoms with E-state index in [1.54, 1.807) is 6.07 Å². The first-order chi connectivity index (χ1) is 10.0. The van der Waals surface area contributed by atoms with E-state index in [2.05, 4.69) is 0 Å². The molecular weight excluding hydrogens is 292 g/mol. The number of fused-ring (bicyclic) bond motifs is 1. The molecule has 5 heteroatoms. The van der Waals surface area contributed by atoms with Crippen LogP contribution in [0.3, 0.4) is 0 Å². The Morgan fingerprint density at radius 3 is 2.43 bits per heavy atom. The zero-order valence-corrected chi connectivity index (χ0v) is 12.4. The third kappa shape index (κ3) is 1.92. The number of hydrogen-bond acceptors (Lipinski definition) is 3. The number of hydrogen-bond donors (Lipinski definition) is 1. The second-order valence-corrected chi connectivity index (χ2v) is 7.01. The van der Waals surface area contributed by atoms with Crippen molar-refractivity contribution in [3.05, 3.63) is 22.7 Å². The molecule has 2 saturated carbocycles. The zero-order chi connectivity index (χ0) is 14.7. The maximum absolute atomic E-state index is 11.6. The minimum Gasteiger partial charge on any atom is -0.489 e. The van der Waals surface area contributed by atoms with Crippen LogP contribution < -0.4 is 9.47 Å². The fourth-order valence-corrected chi connectivity index (χ4v) is 3.48. The van der Waals surface area contributed by atoms with Gasteiger partial charge in [0.15, 0.2) is 11.5 Å². The van der Waals surface area contributed by atoms with Crippen LogP contribution in [0.4, 0.5) is 0 Å². The molecule has 4 nitrogen and oxygen atoms in total. The van der Waals surface area contributed by atoms with Crippen molar-refractivity contribution in [2.45, 2.75) is 37.5 Å². The van der Waals surface area contributed by atoms with Crippen LogP contribution in [0, 0.1) is 5.41 Å². The van der Waals surface area contributed by atoms with Crippen molar-refractivity contribution in [2.75, 3.05) is 13.2 Å². The summed E-state index contributed by atoms with van der Waals surface area (Å²) in [6, 6.07) is 3.55. The summed E-state index contributed by atoms with van der Waals surface area (Å²) in [4.78, 5) is 11.6. The topological polar surface area (TPSA) is 55.8 Å². The van der Waals surface area contributed by atoms with E-state index in [1.807, 2.05) is 6.07 Å². The molecule has 0 unspecified atom stereocenters. The summed E-state index contributed by atoms with van der Waals surface area (Å²) in [5.41, 5.74) is 0.0788. The Bertz CT molecular complexity index is 617. The van der Waals surface area contributed by atoms with Crippen LogP contribution in [0.1, 0.15) is 37.7 Å². The molecule has 0 amide bonds. The Kier molecular flexibility index (Phi) is 2.71. The van der Waals surface area contributed by atoms with Gasteiger partial charge in [0.05, 0.1) is 23.7 Å². The van der Waals surface area contributed by atoms with E-state index in [0.29, 0.717) is 42.6 Å². The van der Waals surface area contributed by atoms with Crippen molar-refractivity contribution < 1.29 is 19.4 Å². The second-order valence-electron chi connectivity index (χ2n) is 6.60. The van der Waals surface area contributed by atoms with Crippen molar-refractivity contribution in [1.82, 2.24) is 0 Å². The molecule has 2 fully saturated rings. The smallest absolute Gasteiger partial charge is 0.314 e. The van der Waals surface area contributed by atoms with E-state index in [0.717, 1.165) is 24.8 Å². The summed E-state index contributed by atoms with van der Waals surface area (Å²) in [5, 5.41) is 10.0. The highest BCUT2D eigenvalue weighted by atomic mass is 35.5. The van der Waals surface area contributed by atoms with E-state index >= 15 is 0 Å².